The molecule has 4 heteroatoms. The van der Waals surface area contributed by atoms with Crippen molar-refractivity contribution >= 4 is 17.7 Å². The molecule has 0 saturated carbocycles. The van der Waals surface area contributed by atoms with E-state index in [9.17, 15) is 4.79 Å². The van der Waals surface area contributed by atoms with Gasteiger partial charge in [-0.05, 0) is 42.0 Å². The average Bonchev–Trinajstić information content (AvgIpc) is 2.60. The maximum Gasteiger partial charge on any atom is 0.251 e. The fourth-order valence-corrected chi connectivity index (χ4v) is 3.37. The monoisotopic (exact) mass is 328 g/mol. The number of amides is 1. The Balaban J connectivity index is 2.05. The van der Waals surface area contributed by atoms with Crippen LogP contribution in [-0.2, 0) is 6.54 Å². The lowest BCUT2D eigenvalue weighted by atomic mass is 10.1. The van der Waals surface area contributed by atoms with Crippen LogP contribution in [0.4, 0.5) is 0 Å². The number of carbonyl (C=O) groups excluding carboxylic acids is 1. The second kappa shape index (κ2) is 8.75. The van der Waals surface area contributed by atoms with Crippen molar-refractivity contribution in [2.75, 3.05) is 12.8 Å². The zero-order valence-electron chi connectivity index (χ0n) is 13.9. The van der Waals surface area contributed by atoms with Gasteiger partial charge in [0.25, 0.3) is 5.91 Å². The molecule has 122 valence electrons. The summed E-state index contributed by atoms with van der Waals surface area (Å²) < 4.78 is 0. The number of rotatable bonds is 7. The van der Waals surface area contributed by atoms with Gasteiger partial charge in [0.15, 0.2) is 0 Å². The first-order valence-corrected chi connectivity index (χ1v) is 8.90. The molecule has 0 saturated heterocycles. The van der Waals surface area contributed by atoms with Crippen LogP contribution in [0.15, 0.2) is 53.4 Å². The van der Waals surface area contributed by atoms with E-state index in [1.807, 2.05) is 36.0 Å². The van der Waals surface area contributed by atoms with E-state index in [-0.39, 0.29) is 11.9 Å². The first-order chi connectivity index (χ1) is 11.2. The highest BCUT2D eigenvalue weighted by Crippen LogP contribution is 2.27. The van der Waals surface area contributed by atoms with Gasteiger partial charge in [0.1, 0.15) is 0 Å². The third kappa shape index (κ3) is 4.85. The summed E-state index contributed by atoms with van der Waals surface area (Å²) in [4.78, 5) is 13.0. The van der Waals surface area contributed by atoms with E-state index < -0.39 is 0 Å². The largest absolute Gasteiger partial charge is 0.355 e. The van der Waals surface area contributed by atoms with Crippen LogP contribution in [0.2, 0.25) is 0 Å². The van der Waals surface area contributed by atoms with Gasteiger partial charge in [0.2, 0.25) is 0 Å². The van der Waals surface area contributed by atoms with Crippen molar-refractivity contribution in [1.82, 2.24) is 10.6 Å². The van der Waals surface area contributed by atoms with Crippen molar-refractivity contribution in [3.63, 3.8) is 0 Å². The Hall–Kier alpha value is -1.78. The lowest BCUT2D eigenvalue weighted by Gasteiger charge is -2.18. The van der Waals surface area contributed by atoms with Gasteiger partial charge in [-0.25, -0.2) is 0 Å². The molecule has 3 nitrogen and oxygen atoms in total. The zero-order valence-corrected chi connectivity index (χ0v) is 14.7. The van der Waals surface area contributed by atoms with E-state index in [4.69, 9.17) is 0 Å². The number of carbonyl (C=O) groups is 1. The van der Waals surface area contributed by atoms with E-state index in [1.54, 1.807) is 7.05 Å². The minimum absolute atomic E-state index is 0.0513. The molecule has 0 spiro atoms. The van der Waals surface area contributed by atoms with Crippen LogP contribution in [-0.4, -0.2) is 18.7 Å². The van der Waals surface area contributed by atoms with Gasteiger partial charge >= 0.3 is 0 Å². The molecule has 1 atom stereocenters. The topological polar surface area (TPSA) is 41.1 Å². The van der Waals surface area contributed by atoms with E-state index in [1.165, 1.54) is 10.5 Å². The summed E-state index contributed by atoms with van der Waals surface area (Å²) in [6, 6.07) is 16.5. The molecule has 0 aliphatic carbocycles. The summed E-state index contributed by atoms with van der Waals surface area (Å²) in [7, 11) is 1.65. The summed E-state index contributed by atoms with van der Waals surface area (Å²) in [5, 5.41) is 6.21. The van der Waals surface area contributed by atoms with E-state index in [0.717, 1.165) is 17.9 Å². The lowest BCUT2D eigenvalue weighted by molar-refractivity contribution is 0.0963. The highest BCUT2D eigenvalue weighted by atomic mass is 32.2. The molecule has 0 bridgehead atoms. The van der Waals surface area contributed by atoms with Crippen molar-refractivity contribution in [1.29, 1.82) is 0 Å². The Labute approximate surface area is 142 Å². The zero-order chi connectivity index (χ0) is 16.7. The molecule has 0 aromatic heterocycles. The summed E-state index contributed by atoms with van der Waals surface area (Å²) in [5.41, 5.74) is 3.13. The van der Waals surface area contributed by atoms with Crippen LogP contribution in [0.25, 0.3) is 0 Å². The Kier molecular flexibility index (Phi) is 6.68. The second-order valence-corrected chi connectivity index (χ2v) is 6.66. The summed E-state index contributed by atoms with van der Waals surface area (Å²) in [6.45, 7) is 5.08. The quantitative estimate of drug-likeness (QED) is 0.755. The summed E-state index contributed by atoms with van der Waals surface area (Å²) in [5.74, 6) is 1.02. The Morgan fingerprint density at radius 3 is 2.70 bits per heavy atom. The van der Waals surface area contributed by atoms with Crippen LogP contribution < -0.4 is 10.6 Å². The van der Waals surface area contributed by atoms with Gasteiger partial charge in [0, 0.05) is 30.1 Å². The maximum atomic E-state index is 11.7. The smallest absolute Gasteiger partial charge is 0.251 e. The second-order valence-electron chi connectivity index (χ2n) is 5.35. The molecular weight excluding hydrogens is 304 g/mol. The Morgan fingerprint density at radius 2 is 1.96 bits per heavy atom. The summed E-state index contributed by atoms with van der Waals surface area (Å²) in [6.07, 6.45) is 0. The molecule has 0 fully saturated rings. The third-order valence-electron chi connectivity index (χ3n) is 3.71. The molecule has 0 aliphatic rings. The number of benzene rings is 2. The number of nitrogens with one attached hydrogen (secondary N) is 2. The van der Waals surface area contributed by atoms with Crippen molar-refractivity contribution < 1.29 is 4.79 Å². The molecule has 0 aliphatic heterocycles. The molecule has 2 aromatic carbocycles. The highest BCUT2D eigenvalue weighted by Gasteiger charge is 2.10. The van der Waals surface area contributed by atoms with Gasteiger partial charge in [-0.2, -0.15) is 0 Å². The van der Waals surface area contributed by atoms with E-state index >= 15 is 0 Å². The predicted octanol–water partition coefficient (Wildman–Crippen LogP) is 4.01. The first-order valence-electron chi connectivity index (χ1n) is 7.91. The van der Waals surface area contributed by atoms with Crippen molar-refractivity contribution in [3.8, 4) is 0 Å². The number of hydrogen-bond acceptors (Lipinski definition) is 3. The molecule has 2 N–H and O–H groups in total. The normalized spacial score (nSPS) is 12.0. The fourth-order valence-electron chi connectivity index (χ4n) is 2.47. The minimum atomic E-state index is -0.0513. The first kappa shape index (κ1) is 17.6. The SMILES string of the molecule is CCSc1ccccc1[C@@H](C)NCc1cccc(C(=O)NC)c1. The van der Waals surface area contributed by atoms with Crippen LogP contribution >= 0.6 is 11.8 Å². The molecule has 2 aromatic rings. The van der Waals surface area contributed by atoms with Crippen LogP contribution in [0.1, 0.15) is 41.4 Å². The molecule has 0 unspecified atom stereocenters. The molecule has 2 rings (SSSR count). The van der Waals surface area contributed by atoms with E-state index in [2.05, 4.69) is 48.7 Å². The van der Waals surface area contributed by atoms with Crippen molar-refractivity contribution in [3.05, 3.63) is 65.2 Å². The molecule has 23 heavy (non-hydrogen) atoms. The fraction of sp³-hybridized carbons (Fsp3) is 0.316. The van der Waals surface area contributed by atoms with Crippen LogP contribution in [0, 0.1) is 0 Å². The standard InChI is InChI=1S/C19H24N2OS/c1-4-23-18-11-6-5-10-17(18)14(2)21-13-15-8-7-9-16(12-15)19(22)20-3/h5-12,14,21H,4,13H2,1-3H3,(H,20,22)/t14-/m1/s1. The van der Waals surface area contributed by atoms with Crippen LogP contribution in [0.3, 0.4) is 0 Å². The average molecular weight is 328 g/mol. The van der Waals surface area contributed by atoms with Crippen molar-refractivity contribution in [2.45, 2.75) is 31.3 Å². The summed E-state index contributed by atoms with van der Waals surface area (Å²) >= 11 is 1.87. The molecule has 0 radical (unpaired) electrons. The van der Waals surface area contributed by atoms with Gasteiger partial charge in [-0.15, -0.1) is 11.8 Å². The molecular formula is C19H24N2OS. The highest BCUT2D eigenvalue weighted by molar-refractivity contribution is 7.99. The van der Waals surface area contributed by atoms with Gasteiger partial charge in [0.05, 0.1) is 0 Å². The maximum absolute atomic E-state index is 11.7. The Morgan fingerprint density at radius 1 is 1.17 bits per heavy atom. The van der Waals surface area contributed by atoms with Gasteiger partial charge in [-0.3, -0.25) is 4.79 Å². The Bertz CT molecular complexity index is 657. The predicted molar refractivity (Wildman–Crippen MR) is 97.9 cm³/mol. The van der Waals surface area contributed by atoms with Crippen molar-refractivity contribution in [2.24, 2.45) is 0 Å². The van der Waals surface area contributed by atoms with E-state index in [0.29, 0.717) is 5.56 Å². The minimum Gasteiger partial charge on any atom is -0.355 e. The third-order valence-corrected chi connectivity index (χ3v) is 4.69. The van der Waals surface area contributed by atoms with Gasteiger partial charge in [-0.1, -0.05) is 37.3 Å². The van der Waals surface area contributed by atoms with Crippen LogP contribution in [0.5, 0.6) is 0 Å². The lowest BCUT2D eigenvalue weighted by Crippen LogP contribution is -2.20. The molecule has 0 heterocycles. The molecule has 1 amide bonds. The number of hydrogen-bond donors (Lipinski definition) is 2. The number of thioether (sulfide) groups is 1. The van der Waals surface area contributed by atoms with Gasteiger partial charge < -0.3 is 10.6 Å².